The van der Waals surface area contributed by atoms with Crippen molar-refractivity contribution in [3.63, 3.8) is 0 Å². The molecule has 0 radical (unpaired) electrons. The second kappa shape index (κ2) is 8.37. The molecule has 3 heterocycles. The molecule has 1 saturated heterocycles. The third-order valence-corrected chi connectivity index (χ3v) is 7.18. The highest BCUT2D eigenvalue weighted by Gasteiger charge is 2.60. The van der Waals surface area contributed by atoms with Gasteiger partial charge in [-0.15, -0.1) is 15.0 Å². The predicted octanol–water partition coefficient (Wildman–Crippen LogP) is -0.767. The zero-order valence-electron chi connectivity index (χ0n) is 17.5. The van der Waals surface area contributed by atoms with E-state index in [-0.39, 0.29) is 17.1 Å². The third kappa shape index (κ3) is 3.87. The van der Waals surface area contributed by atoms with E-state index < -0.39 is 57.6 Å². The monoisotopic (exact) mass is 477 g/mol. The third-order valence-electron chi connectivity index (χ3n) is 5.24. The summed E-state index contributed by atoms with van der Waals surface area (Å²) in [5, 5.41) is 20.3. The van der Waals surface area contributed by atoms with Crippen molar-refractivity contribution in [2.24, 2.45) is 0 Å². The normalized spacial score (nSPS) is 22.4. The molecule has 1 fully saturated rings. The van der Waals surface area contributed by atoms with Crippen LogP contribution < -0.4 is 0 Å². The van der Waals surface area contributed by atoms with E-state index in [4.69, 9.17) is 9.47 Å². The lowest BCUT2D eigenvalue weighted by Gasteiger charge is -2.48. The van der Waals surface area contributed by atoms with Gasteiger partial charge in [-0.25, -0.2) is 13.2 Å². The first kappa shape index (κ1) is 22.5. The number of aliphatic carboxylic acids is 1. The van der Waals surface area contributed by atoms with Crippen molar-refractivity contribution >= 4 is 33.4 Å². The lowest BCUT2D eigenvalue weighted by atomic mass is 10.0. The molecule has 14 heteroatoms. The van der Waals surface area contributed by atoms with Gasteiger partial charge in [-0.05, 0) is 10.8 Å². The molecule has 1 amide bonds. The van der Waals surface area contributed by atoms with Gasteiger partial charge in [0.1, 0.15) is 6.61 Å². The fraction of sp³-hybridized carbons (Fsp3) is 0.368. The Balaban J connectivity index is 1.81. The van der Waals surface area contributed by atoms with E-state index in [1.54, 1.807) is 30.3 Å². The molecule has 0 bridgehead atoms. The molecule has 1 unspecified atom stereocenters. The Kier molecular flexibility index (Phi) is 5.71. The number of amides is 1. The van der Waals surface area contributed by atoms with Crippen molar-refractivity contribution in [2.45, 2.75) is 24.4 Å². The summed E-state index contributed by atoms with van der Waals surface area (Å²) in [4.78, 5) is 37.7. The van der Waals surface area contributed by atoms with Crippen LogP contribution in [0.3, 0.4) is 0 Å². The number of aromatic nitrogens is 4. The van der Waals surface area contributed by atoms with Crippen LogP contribution in [0.4, 0.5) is 0 Å². The van der Waals surface area contributed by atoms with Crippen molar-refractivity contribution in [3.8, 4) is 0 Å². The number of carboxylic acid groups (broad SMARTS) is 1. The molecule has 2 aromatic rings. The minimum absolute atomic E-state index is 0.00201. The molecule has 4 rings (SSSR count). The van der Waals surface area contributed by atoms with Gasteiger partial charge in [0.25, 0.3) is 5.91 Å². The molecular formula is C19H19N5O8S. The predicted molar refractivity (Wildman–Crippen MR) is 109 cm³/mol. The Morgan fingerprint density at radius 3 is 2.58 bits per heavy atom. The molecule has 33 heavy (non-hydrogen) atoms. The highest BCUT2D eigenvalue weighted by atomic mass is 32.2. The average molecular weight is 477 g/mol. The van der Waals surface area contributed by atoms with Crippen molar-refractivity contribution in [1.82, 2.24) is 25.1 Å². The van der Waals surface area contributed by atoms with Crippen LogP contribution >= 0.6 is 0 Å². The van der Waals surface area contributed by atoms with Gasteiger partial charge in [0.2, 0.25) is 5.82 Å². The number of methoxy groups -OCH3 is 1. The van der Waals surface area contributed by atoms with Gasteiger partial charge in [-0.1, -0.05) is 30.3 Å². The lowest BCUT2D eigenvalue weighted by molar-refractivity contribution is -0.156. The van der Waals surface area contributed by atoms with Crippen LogP contribution in [0.2, 0.25) is 0 Å². The van der Waals surface area contributed by atoms with Crippen LogP contribution in [0.5, 0.6) is 0 Å². The molecule has 3 atom stereocenters. The number of sulfone groups is 1. The number of tetrazole rings is 1. The first-order valence-electron chi connectivity index (χ1n) is 9.66. The number of nitrogens with zero attached hydrogens (tertiary/aromatic N) is 5. The number of carbonyl (C=O) groups excluding carboxylic acids is 2. The minimum Gasteiger partial charge on any atom is -0.479 e. The van der Waals surface area contributed by atoms with E-state index in [9.17, 15) is 27.9 Å². The molecule has 13 nitrogen and oxygen atoms in total. The number of hydrogen-bond donors (Lipinski definition) is 1. The number of carbonyl (C=O) groups is 3. The van der Waals surface area contributed by atoms with E-state index in [2.05, 4.69) is 15.4 Å². The number of carboxylic acids is 1. The van der Waals surface area contributed by atoms with Gasteiger partial charge in [0, 0.05) is 19.6 Å². The Morgan fingerprint density at radius 2 is 1.97 bits per heavy atom. The van der Waals surface area contributed by atoms with E-state index in [1.807, 2.05) is 0 Å². The summed E-state index contributed by atoms with van der Waals surface area (Å²) in [5.41, 5.74) is 0.444. The van der Waals surface area contributed by atoms with Gasteiger partial charge in [0.05, 0.1) is 11.4 Å². The molecule has 1 aromatic carbocycles. The van der Waals surface area contributed by atoms with Crippen molar-refractivity contribution in [1.29, 1.82) is 0 Å². The van der Waals surface area contributed by atoms with Gasteiger partial charge in [0.15, 0.2) is 27.4 Å². The summed E-state index contributed by atoms with van der Waals surface area (Å²) in [7, 11) is -2.65. The fourth-order valence-corrected chi connectivity index (χ4v) is 5.82. The Labute approximate surface area is 187 Å². The lowest BCUT2D eigenvalue weighted by Crippen LogP contribution is -2.69. The largest absolute Gasteiger partial charge is 0.479 e. The molecule has 0 aliphatic carbocycles. The SMILES string of the molecule is CO[C@H]1C(=O)N2C(c3nnn(C(C(=O)O)c4ccccc4)n3)=C(COC(C)=O)CS(=O)(=O)[C@H]12. The summed E-state index contributed by atoms with van der Waals surface area (Å²) in [6.07, 6.45) is -1.20. The number of rotatable bonds is 7. The number of hydrogen-bond acceptors (Lipinski definition) is 10. The molecule has 2 aliphatic rings. The van der Waals surface area contributed by atoms with Crippen LogP contribution in [0, 0.1) is 0 Å². The number of ether oxygens (including phenoxy) is 2. The summed E-state index contributed by atoms with van der Waals surface area (Å²) in [6.45, 7) is 0.732. The summed E-state index contributed by atoms with van der Waals surface area (Å²) in [6, 6.07) is 6.88. The van der Waals surface area contributed by atoms with E-state index in [1.165, 1.54) is 7.11 Å². The molecule has 1 N–H and O–H groups in total. The zero-order chi connectivity index (χ0) is 23.9. The Hall–Kier alpha value is -3.65. The molecular weight excluding hydrogens is 458 g/mol. The molecule has 2 aliphatic heterocycles. The van der Waals surface area contributed by atoms with Crippen LogP contribution in [0.1, 0.15) is 24.4 Å². The fourth-order valence-electron chi connectivity index (χ4n) is 3.81. The van der Waals surface area contributed by atoms with E-state index >= 15 is 0 Å². The number of benzene rings is 1. The maximum atomic E-state index is 12.8. The quantitative estimate of drug-likeness (QED) is 0.392. The first-order valence-corrected chi connectivity index (χ1v) is 11.4. The number of β-lactam (4-membered cyclic amide) rings is 1. The van der Waals surface area contributed by atoms with Gasteiger partial charge in [-0.2, -0.15) is 0 Å². The second-order valence-electron chi connectivity index (χ2n) is 7.38. The number of fused-ring (bicyclic) bond motifs is 1. The maximum Gasteiger partial charge on any atom is 0.335 e. The Morgan fingerprint density at radius 1 is 1.27 bits per heavy atom. The summed E-state index contributed by atoms with van der Waals surface area (Å²) >= 11 is 0. The Bertz CT molecular complexity index is 1260. The highest BCUT2D eigenvalue weighted by molar-refractivity contribution is 7.92. The van der Waals surface area contributed by atoms with E-state index in [0.29, 0.717) is 5.56 Å². The smallest absolute Gasteiger partial charge is 0.335 e. The van der Waals surface area contributed by atoms with Crippen molar-refractivity contribution < 1.29 is 37.4 Å². The minimum atomic E-state index is -3.87. The van der Waals surface area contributed by atoms with Crippen LogP contribution in [0.15, 0.2) is 35.9 Å². The average Bonchev–Trinajstić information content (AvgIpc) is 3.22. The highest BCUT2D eigenvalue weighted by Crippen LogP contribution is 2.41. The summed E-state index contributed by atoms with van der Waals surface area (Å²) < 4.78 is 35.6. The van der Waals surface area contributed by atoms with Crippen molar-refractivity contribution in [2.75, 3.05) is 19.5 Å². The molecule has 1 aromatic heterocycles. The van der Waals surface area contributed by atoms with Gasteiger partial charge in [-0.3, -0.25) is 14.5 Å². The first-order chi connectivity index (χ1) is 15.7. The molecule has 174 valence electrons. The van der Waals surface area contributed by atoms with Crippen LogP contribution in [-0.4, -0.2) is 87.4 Å². The summed E-state index contributed by atoms with van der Waals surface area (Å²) in [5.74, 6) is -3.25. The van der Waals surface area contributed by atoms with Crippen molar-refractivity contribution in [3.05, 3.63) is 47.3 Å². The number of esters is 1. The van der Waals surface area contributed by atoms with Crippen LogP contribution in [-0.2, 0) is 33.7 Å². The second-order valence-corrected chi connectivity index (χ2v) is 9.48. The van der Waals surface area contributed by atoms with Gasteiger partial charge < -0.3 is 14.6 Å². The molecule has 0 spiro atoms. The molecule has 0 saturated carbocycles. The van der Waals surface area contributed by atoms with E-state index in [0.717, 1.165) is 16.6 Å². The topological polar surface area (TPSA) is 171 Å². The standard InChI is InChI=1S/C19H19N5O8S/c1-10(25)32-8-12-9-33(29,30)18-15(31-2)17(26)23(18)13(12)16-20-22-24(21-16)14(19(27)28)11-6-4-3-5-7-11/h3-7,14-15,18H,8-9H2,1-2H3,(H,27,28)/t14?,15-,18+/m0/s1. The van der Waals surface area contributed by atoms with Crippen LogP contribution in [0.25, 0.3) is 5.70 Å². The zero-order valence-corrected chi connectivity index (χ0v) is 18.3. The van der Waals surface area contributed by atoms with Gasteiger partial charge >= 0.3 is 11.9 Å². The maximum absolute atomic E-state index is 12.8.